The summed E-state index contributed by atoms with van der Waals surface area (Å²) in [5.74, 6) is -0.0920. The summed E-state index contributed by atoms with van der Waals surface area (Å²) < 4.78 is 0. The topological polar surface area (TPSA) is 73.5 Å². The molecule has 3 amide bonds. The van der Waals surface area contributed by atoms with Gasteiger partial charge in [0.05, 0.1) is 0 Å². The lowest BCUT2D eigenvalue weighted by Crippen LogP contribution is -2.56. The Bertz CT molecular complexity index is 281. The van der Waals surface area contributed by atoms with Gasteiger partial charge in [-0.25, -0.2) is 0 Å². The molecule has 0 saturated heterocycles. The minimum atomic E-state index is -0.331. The van der Waals surface area contributed by atoms with Crippen molar-refractivity contribution >= 4 is 26.5 Å². The monoisotopic (exact) mass is 240 g/mol. The number of carbonyl (C=O) groups excluding carboxylic acids is 2. The quantitative estimate of drug-likeness (QED) is 0.582. The van der Waals surface area contributed by atoms with Crippen molar-refractivity contribution in [1.82, 2.24) is 20.5 Å². The minimum absolute atomic E-state index is 0.0466. The van der Waals surface area contributed by atoms with Gasteiger partial charge in [-0.05, 0) is 34.6 Å². The van der Waals surface area contributed by atoms with Crippen LogP contribution in [-0.4, -0.2) is 43.9 Å². The summed E-state index contributed by atoms with van der Waals surface area (Å²) in [4.78, 5) is 24.0. The molecule has 8 heteroatoms. The first kappa shape index (κ1) is 15.8. The molecule has 0 aliphatic heterocycles. The summed E-state index contributed by atoms with van der Waals surface area (Å²) in [6.07, 6.45) is 0. The largest absolute Gasteiger partial charge is 0.375 e. The molecule has 0 aromatic heterocycles. The smallest absolute Gasteiger partial charge is 0.371 e. The van der Waals surface area contributed by atoms with Crippen LogP contribution in [0, 0.1) is 0 Å². The molecule has 3 N–H and O–H groups in total. The zero-order valence-electron chi connectivity index (χ0n) is 11.5. The first-order valence-electron chi connectivity index (χ1n) is 5.66. The molecule has 96 valence electrons. The number of hydrogen-bond acceptors (Lipinski definition) is 3. The molecule has 0 radical (unpaired) electrons. The summed E-state index contributed by atoms with van der Waals surface area (Å²) in [5.41, 5.74) is -0.0466. The van der Waals surface area contributed by atoms with E-state index in [4.69, 9.17) is 0 Å². The number of nitrogens with one attached hydrogen (secondary N) is 3. The van der Waals surface area contributed by atoms with E-state index in [1.54, 1.807) is 13.9 Å². The van der Waals surface area contributed by atoms with Crippen LogP contribution in [0.15, 0.2) is 0 Å². The van der Waals surface area contributed by atoms with Crippen LogP contribution >= 0.6 is 0 Å². The average Bonchev–Trinajstić information content (AvgIpc) is 2.13. The van der Waals surface area contributed by atoms with Crippen LogP contribution in [0.3, 0.4) is 0 Å². The number of carbonyl (C=O) groups is 2. The van der Waals surface area contributed by atoms with Crippen molar-refractivity contribution in [1.29, 1.82) is 0 Å². The highest BCUT2D eigenvalue weighted by molar-refractivity contribution is 6.57. The molecule has 17 heavy (non-hydrogen) atoms. The summed E-state index contributed by atoms with van der Waals surface area (Å²) >= 11 is 0. The van der Waals surface area contributed by atoms with Crippen LogP contribution in [0.2, 0.25) is 6.82 Å². The van der Waals surface area contributed by atoms with Gasteiger partial charge in [0.1, 0.15) is 0 Å². The Morgan fingerprint density at radius 1 is 1.29 bits per heavy atom. The van der Waals surface area contributed by atoms with Gasteiger partial charge in [-0.2, -0.15) is 0 Å². The number of hydrogen-bond donors (Lipinski definition) is 3. The van der Waals surface area contributed by atoms with Gasteiger partial charge in [-0.1, -0.05) is 0 Å². The second kappa shape index (κ2) is 6.54. The van der Waals surface area contributed by atoms with E-state index in [0.717, 1.165) is 0 Å². The van der Waals surface area contributed by atoms with Gasteiger partial charge >= 0.3 is 14.5 Å². The number of nitrogens with zero attached hydrogens (tertiary/aromatic N) is 1. The van der Waals surface area contributed by atoms with Crippen molar-refractivity contribution in [2.75, 3.05) is 7.05 Å². The molecule has 0 unspecified atom stereocenters. The fourth-order valence-corrected chi connectivity index (χ4v) is 1.000. The predicted octanol–water partition coefficient (Wildman–Crippen LogP) is -0.464. The molecule has 6 nitrogen and oxygen atoms in total. The van der Waals surface area contributed by atoms with Gasteiger partial charge in [-0.3, -0.25) is 9.59 Å². The van der Waals surface area contributed by atoms with Crippen LogP contribution in [0.5, 0.6) is 0 Å². The van der Waals surface area contributed by atoms with Gasteiger partial charge in [0.15, 0.2) is 0 Å². The highest BCUT2D eigenvalue weighted by atomic mass is 16.2. The van der Waals surface area contributed by atoms with E-state index in [1.807, 2.05) is 20.8 Å². The van der Waals surface area contributed by atoms with E-state index >= 15 is 0 Å². The highest BCUT2D eigenvalue weighted by Gasteiger charge is 2.19. The summed E-state index contributed by atoms with van der Waals surface area (Å²) in [5, 5.41) is 8.45. The Morgan fingerprint density at radius 3 is 2.24 bits per heavy atom. The zero-order valence-corrected chi connectivity index (χ0v) is 11.5. The Balaban J connectivity index is 3.91. The van der Waals surface area contributed by atoms with Gasteiger partial charge in [0.25, 0.3) is 6.03 Å². The van der Waals surface area contributed by atoms with E-state index in [0.29, 0.717) is 7.55 Å². The standard InChI is InChI=1S/C9H22B2N4O2/c1-7(16)15(6)11(5)13-8(17)12-10-14-9(2,3)4/h10,14H,1-6H3,(H2,12,13,17). The molecule has 0 heterocycles. The van der Waals surface area contributed by atoms with Crippen molar-refractivity contribution < 1.29 is 9.59 Å². The van der Waals surface area contributed by atoms with Crippen molar-refractivity contribution in [2.24, 2.45) is 0 Å². The maximum atomic E-state index is 11.5. The molecule has 0 saturated carbocycles. The van der Waals surface area contributed by atoms with Crippen molar-refractivity contribution in [3.05, 3.63) is 0 Å². The molecule has 0 rings (SSSR count). The molecule has 0 bridgehead atoms. The predicted molar refractivity (Wildman–Crippen MR) is 71.8 cm³/mol. The second-order valence-corrected chi connectivity index (χ2v) is 5.06. The SMILES string of the molecule is CB(NC(=O)NBNC(C)(C)C)N(C)C(C)=O. The third-order valence-electron chi connectivity index (χ3n) is 2.29. The molecule has 0 aromatic rings. The van der Waals surface area contributed by atoms with E-state index in [2.05, 4.69) is 15.7 Å². The molecule has 0 fully saturated rings. The average molecular weight is 240 g/mol. The zero-order chi connectivity index (χ0) is 13.6. The minimum Gasteiger partial charge on any atom is -0.371 e. The maximum absolute atomic E-state index is 11.5. The van der Waals surface area contributed by atoms with Crippen LogP contribution in [-0.2, 0) is 4.79 Å². The van der Waals surface area contributed by atoms with Crippen LogP contribution in [0.4, 0.5) is 4.79 Å². The third-order valence-corrected chi connectivity index (χ3v) is 2.29. The molecular formula is C9H22B2N4O2. The second-order valence-electron chi connectivity index (χ2n) is 5.06. The molecular weight excluding hydrogens is 218 g/mol. The summed E-state index contributed by atoms with van der Waals surface area (Å²) in [6.45, 7) is 8.91. The van der Waals surface area contributed by atoms with E-state index < -0.39 is 0 Å². The van der Waals surface area contributed by atoms with E-state index in [1.165, 1.54) is 11.7 Å². The number of rotatable bonds is 4. The fraction of sp³-hybridized carbons (Fsp3) is 0.778. The molecule has 0 atom stereocenters. The fourth-order valence-electron chi connectivity index (χ4n) is 1.000. The highest BCUT2D eigenvalue weighted by Crippen LogP contribution is 1.95. The lowest BCUT2D eigenvalue weighted by atomic mass is 9.78. The van der Waals surface area contributed by atoms with Crippen molar-refractivity contribution in [3.8, 4) is 0 Å². The molecule has 0 spiro atoms. The van der Waals surface area contributed by atoms with Crippen LogP contribution in [0.25, 0.3) is 0 Å². The normalized spacial score (nSPS) is 10.5. The number of amides is 3. The lowest BCUT2D eigenvalue weighted by molar-refractivity contribution is -0.123. The maximum Gasteiger partial charge on any atom is 0.375 e. The Labute approximate surface area is 104 Å². The lowest BCUT2D eigenvalue weighted by Gasteiger charge is -2.23. The third kappa shape index (κ3) is 7.68. The summed E-state index contributed by atoms with van der Waals surface area (Å²) in [7, 11) is 2.02. The van der Waals surface area contributed by atoms with Crippen LogP contribution < -0.4 is 15.7 Å². The van der Waals surface area contributed by atoms with Gasteiger partial charge in [-0.15, -0.1) is 0 Å². The van der Waals surface area contributed by atoms with Gasteiger partial charge < -0.3 is 20.5 Å². The molecule has 0 aliphatic carbocycles. The van der Waals surface area contributed by atoms with Crippen molar-refractivity contribution in [2.45, 2.75) is 40.1 Å². The van der Waals surface area contributed by atoms with Gasteiger partial charge in [0.2, 0.25) is 5.91 Å². The van der Waals surface area contributed by atoms with E-state index in [9.17, 15) is 9.59 Å². The summed E-state index contributed by atoms with van der Waals surface area (Å²) in [6, 6.07) is -0.303. The Kier molecular flexibility index (Phi) is 6.09. The Morgan fingerprint density at radius 2 is 1.82 bits per heavy atom. The first-order chi connectivity index (χ1) is 7.63. The number of urea groups is 1. The first-order valence-corrected chi connectivity index (χ1v) is 5.66. The molecule has 0 aromatic carbocycles. The van der Waals surface area contributed by atoms with E-state index in [-0.39, 0.29) is 24.5 Å². The molecule has 0 aliphatic rings. The Hall–Kier alpha value is -1.17. The van der Waals surface area contributed by atoms with Crippen LogP contribution in [0.1, 0.15) is 27.7 Å². The van der Waals surface area contributed by atoms with Crippen molar-refractivity contribution in [3.63, 3.8) is 0 Å². The van der Waals surface area contributed by atoms with Gasteiger partial charge in [0, 0.05) is 12.5 Å².